The molecule has 0 spiro atoms. The van der Waals surface area contributed by atoms with Crippen LogP contribution in [0.4, 0.5) is 11.6 Å². The summed E-state index contributed by atoms with van der Waals surface area (Å²) in [6.07, 6.45) is 3.66. The number of aromatic nitrogens is 3. The molecule has 2 N–H and O–H groups in total. The fourth-order valence-corrected chi connectivity index (χ4v) is 4.04. The molecule has 1 atom stereocenters. The van der Waals surface area contributed by atoms with Crippen LogP contribution in [0, 0.1) is 0 Å². The Labute approximate surface area is 156 Å². The highest BCUT2D eigenvalue weighted by atomic mass is 32.1. The number of hydrogen-bond donors (Lipinski definition) is 2. The lowest BCUT2D eigenvalue weighted by molar-refractivity contribution is 0.266. The lowest BCUT2D eigenvalue weighted by Crippen LogP contribution is -2.32. The smallest absolute Gasteiger partial charge is 0.134 e. The minimum atomic E-state index is 0.157. The van der Waals surface area contributed by atoms with Gasteiger partial charge in [-0.1, -0.05) is 30.3 Å². The molecule has 4 rings (SSSR count). The van der Waals surface area contributed by atoms with Crippen molar-refractivity contribution >= 4 is 23.0 Å². The average Bonchev–Trinajstić information content (AvgIpc) is 3.36. The van der Waals surface area contributed by atoms with E-state index in [0.717, 1.165) is 47.3 Å². The van der Waals surface area contributed by atoms with E-state index in [1.54, 1.807) is 17.7 Å². The van der Waals surface area contributed by atoms with E-state index in [1.807, 2.05) is 24.3 Å². The predicted molar refractivity (Wildman–Crippen MR) is 104 cm³/mol. The number of benzene rings is 1. The number of nitrogens with zero attached hydrogens (tertiary/aromatic N) is 4. The molecule has 2 aromatic heterocycles. The van der Waals surface area contributed by atoms with E-state index >= 15 is 0 Å². The first kappa shape index (κ1) is 16.9. The molecule has 7 heteroatoms. The van der Waals surface area contributed by atoms with Crippen molar-refractivity contribution in [3.8, 4) is 10.6 Å². The molecule has 0 saturated carbocycles. The van der Waals surface area contributed by atoms with Crippen molar-refractivity contribution in [2.75, 3.05) is 23.4 Å². The van der Waals surface area contributed by atoms with Crippen LogP contribution >= 0.6 is 11.3 Å². The summed E-state index contributed by atoms with van der Waals surface area (Å²) in [4.78, 5) is 15.5. The van der Waals surface area contributed by atoms with Crippen molar-refractivity contribution < 1.29 is 5.11 Å². The fraction of sp³-hybridized carbons (Fsp3) is 0.316. The number of nitrogens with one attached hydrogen (secondary N) is 1. The number of aliphatic hydroxyl groups excluding tert-OH is 1. The van der Waals surface area contributed by atoms with Crippen molar-refractivity contribution in [2.45, 2.75) is 25.4 Å². The molecule has 6 nitrogen and oxygen atoms in total. The van der Waals surface area contributed by atoms with Crippen molar-refractivity contribution in [1.82, 2.24) is 15.0 Å². The third-order valence-electron chi connectivity index (χ3n) is 4.56. The van der Waals surface area contributed by atoms with E-state index in [0.29, 0.717) is 6.54 Å². The van der Waals surface area contributed by atoms with Gasteiger partial charge in [0.15, 0.2) is 0 Å². The maximum atomic E-state index is 9.51. The fourth-order valence-electron chi connectivity index (χ4n) is 3.21. The van der Waals surface area contributed by atoms with Crippen molar-refractivity contribution in [3.63, 3.8) is 0 Å². The van der Waals surface area contributed by atoms with E-state index < -0.39 is 0 Å². The van der Waals surface area contributed by atoms with Gasteiger partial charge in [0, 0.05) is 23.6 Å². The summed E-state index contributed by atoms with van der Waals surface area (Å²) in [6.45, 7) is 1.70. The molecular weight excluding hydrogens is 346 g/mol. The third kappa shape index (κ3) is 3.68. The summed E-state index contributed by atoms with van der Waals surface area (Å²) in [5.74, 6) is 1.63. The Morgan fingerprint density at radius 3 is 2.96 bits per heavy atom. The maximum absolute atomic E-state index is 9.51. The third-order valence-corrected chi connectivity index (χ3v) is 5.50. The van der Waals surface area contributed by atoms with Gasteiger partial charge in [0.25, 0.3) is 0 Å². The highest BCUT2D eigenvalue weighted by molar-refractivity contribution is 7.13. The first-order valence-corrected chi connectivity index (χ1v) is 9.64. The lowest BCUT2D eigenvalue weighted by Gasteiger charge is -2.24. The Bertz CT molecular complexity index is 854. The standard InChI is InChI=1S/C19H21N5OS/c25-11-16-7-4-8-24(16)18-9-17(21-13-22-18)20-10-15-12-26-19(23-15)14-5-2-1-3-6-14/h1-3,5-6,9,12-13,16,25H,4,7-8,10-11H2,(H,20,21,22). The van der Waals surface area contributed by atoms with Crippen LogP contribution in [0.15, 0.2) is 48.1 Å². The molecule has 3 aromatic rings. The molecule has 0 bridgehead atoms. The molecule has 1 aliphatic heterocycles. The van der Waals surface area contributed by atoms with Crippen LogP contribution in [0.1, 0.15) is 18.5 Å². The van der Waals surface area contributed by atoms with Crippen molar-refractivity contribution in [2.24, 2.45) is 0 Å². The Kier molecular flexibility index (Phi) is 5.08. The summed E-state index contributed by atoms with van der Waals surface area (Å²) in [6, 6.07) is 12.3. The van der Waals surface area contributed by atoms with Gasteiger partial charge in [-0.05, 0) is 12.8 Å². The van der Waals surface area contributed by atoms with Crippen LogP contribution in [-0.2, 0) is 6.54 Å². The Balaban J connectivity index is 1.42. The molecule has 1 saturated heterocycles. The maximum Gasteiger partial charge on any atom is 0.134 e. The molecule has 0 aliphatic carbocycles. The van der Waals surface area contributed by atoms with Crippen LogP contribution in [0.3, 0.4) is 0 Å². The van der Waals surface area contributed by atoms with Gasteiger partial charge in [0.1, 0.15) is 23.0 Å². The highest BCUT2D eigenvalue weighted by Crippen LogP contribution is 2.26. The summed E-state index contributed by atoms with van der Waals surface area (Å²) >= 11 is 1.64. The van der Waals surface area contributed by atoms with E-state index in [2.05, 4.69) is 42.7 Å². The zero-order valence-corrected chi connectivity index (χ0v) is 15.2. The summed E-state index contributed by atoms with van der Waals surface area (Å²) in [5, 5.41) is 15.9. The molecule has 1 aromatic carbocycles. The largest absolute Gasteiger partial charge is 0.394 e. The first-order chi connectivity index (χ1) is 12.8. The molecule has 1 unspecified atom stereocenters. The van der Waals surface area contributed by atoms with Gasteiger partial charge >= 0.3 is 0 Å². The van der Waals surface area contributed by atoms with Gasteiger partial charge in [-0.25, -0.2) is 15.0 Å². The SMILES string of the molecule is OCC1CCCN1c1cc(NCc2csc(-c3ccccc3)n2)ncn1. The van der Waals surface area contributed by atoms with Crippen LogP contribution in [0.2, 0.25) is 0 Å². The molecule has 1 fully saturated rings. The molecule has 1 aliphatic rings. The van der Waals surface area contributed by atoms with E-state index in [4.69, 9.17) is 0 Å². The summed E-state index contributed by atoms with van der Waals surface area (Å²) in [5.41, 5.74) is 2.13. The molecule has 3 heterocycles. The van der Waals surface area contributed by atoms with Crippen LogP contribution in [0.5, 0.6) is 0 Å². The second-order valence-corrected chi connectivity index (χ2v) is 7.16. The Hall–Kier alpha value is -2.51. The zero-order valence-electron chi connectivity index (χ0n) is 14.4. The molecule has 134 valence electrons. The monoisotopic (exact) mass is 367 g/mol. The predicted octanol–water partition coefficient (Wildman–Crippen LogP) is 3.17. The van der Waals surface area contributed by atoms with Gasteiger partial charge in [0.2, 0.25) is 0 Å². The highest BCUT2D eigenvalue weighted by Gasteiger charge is 2.25. The average molecular weight is 367 g/mol. The quantitative estimate of drug-likeness (QED) is 0.697. The summed E-state index contributed by atoms with van der Waals surface area (Å²) in [7, 11) is 0. The second kappa shape index (κ2) is 7.80. The van der Waals surface area contributed by atoms with Gasteiger partial charge in [-0.15, -0.1) is 11.3 Å². The van der Waals surface area contributed by atoms with Gasteiger partial charge in [-0.3, -0.25) is 0 Å². The van der Waals surface area contributed by atoms with Crippen molar-refractivity contribution in [1.29, 1.82) is 0 Å². The molecular formula is C19H21N5OS. The molecule has 0 radical (unpaired) electrons. The zero-order chi connectivity index (χ0) is 17.8. The first-order valence-electron chi connectivity index (χ1n) is 8.77. The topological polar surface area (TPSA) is 74.2 Å². The van der Waals surface area contributed by atoms with E-state index in [9.17, 15) is 5.11 Å². The molecule has 26 heavy (non-hydrogen) atoms. The minimum Gasteiger partial charge on any atom is -0.394 e. The van der Waals surface area contributed by atoms with Gasteiger partial charge < -0.3 is 15.3 Å². The molecule has 0 amide bonds. The van der Waals surface area contributed by atoms with Crippen LogP contribution < -0.4 is 10.2 Å². The Morgan fingerprint density at radius 1 is 1.23 bits per heavy atom. The minimum absolute atomic E-state index is 0.157. The second-order valence-electron chi connectivity index (χ2n) is 6.30. The lowest BCUT2D eigenvalue weighted by atomic mass is 10.2. The van der Waals surface area contributed by atoms with Crippen LogP contribution in [-0.4, -0.2) is 39.3 Å². The van der Waals surface area contributed by atoms with Gasteiger partial charge in [0.05, 0.1) is 24.9 Å². The number of anilines is 2. The van der Waals surface area contributed by atoms with E-state index in [1.165, 1.54) is 0 Å². The van der Waals surface area contributed by atoms with E-state index in [-0.39, 0.29) is 12.6 Å². The number of rotatable bonds is 6. The number of hydrogen-bond acceptors (Lipinski definition) is 7. The van der Waals surface area contributed by atoms with Gasteiger partial charge in [-0.2, -0.15) is 0 Å². The number of thiazole rings is 1. The van der Waals surface area contributed by atoms with Crippen LogP contribution in [0.25, 0.3) is 10.6 Å². The Morgan fingerprint density at radius 2 is 2.12 bits per heavy atom. The van der Waals surface area contributed by atoms with Crippen molar-refractivity contribution in [3.05, 3.63) is 53.8 Å². The number of aliphatic hydroxyl groups is 1. The summed E-state index contributed by atoms with van der Waals surface area (Å²) < 4.78 is 0. The normalized spacial score (nSPS) is 16.8.